The van der Waals surface area contributed by atoms with Crippen molar-refractivity contribution in [1.82, 2.24) is 14.8 Å². The zero-order chi connectivity index (χ0) is 14.3. The average molecular weight is 270 g/mol. The van der Waals surface area contributed by atoms with Crippen LogP contribution in [0.1, 0.15) is 21.8 Å². The number of furan rings is 1. The van der Waals surface area contributed by atoms with Gasteiger partial charge >= 0.3 is 0 Å². The Morgan fingerprint density at radius 3 is 2.90 bits per heavy atom. The van der Waals surface area contributed by atoms with E-state index < -0.39 is 0 Å². The molecule has 0 spiro atoms. The molecule has 0 aliphatic carbocycles. The summed E-state index contributed by atoms with van der Waals surface area (Å²) in [6.45, 7) is 3.73. The van der Waals surface area contributed by atoms with Crippen molar-refractivity contribution in [3.05, 3.63) is 41.6 Å². The van der Waals surface area contributed by atoms with E-state index in [1.54, 1.807) is 16.9 Å². The van der Waals surface area contributed by atoms with Crippen molar-refractivity contribution < 1.29 is 9.21 Å². The summed E-state index contributed by atoms with van der Waals surface area (Å²) in [6, 6.07) is 3.61. The largest absolute Gasteiger partial charge is 0.459 e. The molecule has 3 aromatic heterocycles. The SMILES string of the molecule is Cc1ccoc1C(=O)Nc1cnc2c(c1)c(C)nn2C. The highest BCUT2D eigenvalue weighted by Gasteiger charge is 2.14. The number of nitrogens with one attached hydrogen (secondary N) is 1. The van der Waals surface area contributed by atoms with Gasteiger partial charge in [-0.3, -0.25) is 9.48 Å². The molecule has 20 heavy (non-hydrogen) atoms. The summed E-state index contributed by atoms with van der Waals surface area (Å²) < 4.78 is 6.88. The molecule has 6 nitrogen and oxygen atoms in total. The number of aromatic nitrogens is 3. The van der Waals surface area contributed by atoms with Gasteiger partial charge in [0.2, 0.25) is 0 Å². The maximum Gasteiger partial charge on any atom is 0.291 e. The van der Waals surface area contributed by atoms with Crippen LogP contribution in [0.2, 0.25) is 0 Å². The highest BCUT2D eigenvalue weighted by molar-refractivity contribution is 6.03. The number of hydrogen-bond acceptors (Lipinski definition) is 4. The molecule has 0 aliphatic heterocycles. The van der Waals surface area contributed by atoms with Crippen LogP contribution in [0, 0.1) is 13.8 Å². The van der Waals surface area contributed by atoms with E-state index >= 15 is 0 Å². The monoisotopic (exact) mass is 270 g/mol. The Labute approximate surface area is 115 Å². The van der Waals surface area contributed by atoms with E-state index in [0.29, 0.717) is 11.4 Å². The first-order valence-corrected chi connectivity index (χ1v) is 6.21. The Balaban J connectivity index is 1.93. The number of anilines is 1. The molecule has 6 heteroatoms. The molecule has 0 saturated heterocycles. The first kappa shape index (κ1) is 12.4. The number of rotatable bonds is 2. The number of pyridine rings is 1. The van der Waals surface area contributed by atoms with Gasteiger partial charge in [-0.2, -0.15) is 5.10 Å². The lowest BCUT2D eigenvalue weighted by molar-refractivity contribution is 0.0996. The molecule has 0 aromatic carbocycles. The molecule has 0 saturated carbocycles. The summed E-state index contributed by atoms with van der Waals surface area (Å²) in [5.41, 5.74) is 3.08. The van der Waals surface area contributed by atoms with Crippen LogP contribution >= 0.6 is 0 Å². The third-order valence-corrected chi connectivity index (χ3v) is 3.19. The lowest BCUT2D eigenvalue weighted by Crippen LogP contribution is -2.12. The predicted octanol–water partition coefficient (Wildman–Crippen LogP) is 2.43. The first-order valence-electron chi connectivity index (χ1n) is 6.21. The summed E-state index contributed by atoms with van der Waals surface area (Å²) in [5.74, 6) is 0.0307. The summed E-state index contributed by atoms with van der Waals surface area (Å²) in [4.78, 5) is 16.4. The number of hydrogen-bond donors (Lipinski definition) is 1. The van der Waals surface area contributed by atoms with E-state index in [0.717, 1.165) is 22.3 Å². The molecule has 0 unspecified atom stereocenters. The minimum absolute atomic E-state index is 0.282. The van der Waals surface area contributed by atoms with E-state index in [1.165, 1.54) is 6.26 Å². The minimum atomic E-state index is -0.282. The molecule has 1 N–H and O–H groups in total. The van der Waals surface area contributed by atoms with Crippen molar-refractivity contribution >= 4 is 22.6 Å². The van der Waals surface area contributed by atoms with Crippen molar-refractivity contribution in [2.24, 2.45) is 7.05 Å². The number of carbonyl (C=O) groups is 1. The van der Waals surface area contributed by atoms with Gasteiger partial charge in [0.1, 0.15) is 0 Å². The molecule has 3 aromatic rings. The second-order valence-electron chi connectivity index (χ2n) is 4.69. The molecule has 0 bridgehead atoms. The van der Waals surface area contributed by atoms with Gasteiger partial charge in [-0.05, 0) is 26.0 Å². The summed E-state index contributed by atoms with van der Waals surface area (Å²) in [7, 11) is 1.84. The zero-order valence-corrected chi connectivity index (χ0v) is 11.5. The molecule has 0 atom stereocenters. The smallest absolute Gasteiger partial charge is 0.291 e. The van der Waals surface area contributed by atoms with Gasteiger partial charge in [-0.15, -0.1) is 0 Å². The zero-order valence-electron chi connectivity index (χ0n) is 11.5. The van der Waals surface area contributed by atoms with Crippen molar-refractivity contribution in [1.29, 1.82) is 0 Å². The third-order valence-electron chi connectivity index (χ3n) is 3.19. The lowest BCUT2D eigenvalue weighted by atomic mass is 10.2. The average Bonchev–Trinajstić information content (AvgIpc) is 2.95. The van der Waals surface area contributed by atoms with Crippen molar-refractivity contribution in [2.75, 3.05) is 5.32 Å². The van der Waals surface area contributed by atoms with Crippen molar-refractivity contribution in [2.45, 2.75) is 13.8 Å². The molecule has 3 rings (SSSR count). The van der Waals surface area contributed by atoms with Crippen LogP contribution in [0.15, 0.2) is 29.0 Å². The van der Waals surface area contributed by atoms with Crippen LogP contribution in [0.4, 0.5) is 5.69 Å². The summed E-state index contributed by atoms with van der Waals surface area (Å²) in [5, 5.41) is 8.00. The Kier molecular flexibility index (Phi) is 2.78. The predicted molar refractivity (Wildman–Crippen MR) is 74.6 cm³/mol. The molecule has 3 heterocycles. The van der Waals surface area contributed by atoms with Crippen molar-refractivity contribution in [3.63, 3.8) is 0 Å². The molecular weight excluding hydrogens is 256 g/mol. The fraction of sp³-hybridized carbons (Fsp3) is 0.214. The van der Waals surface area contributed by atoms with E-state index in [2.05, 4.69) is 15.4 Å². The van der Waals surface area contributed by atoms with E-state index in [-0.39, 0.29) is 5.91 Å². The fourth-order valence-corrected chi connectivity index (χ4v) is 2.17. The molecule has 0 fully saturated rings. The quantitative estimate of drug-likeness (QED) is 0.776. The Hall–Kier alpha value is -2.63. The van der Waals surface area contributed by atoms with Crippen LogP contribution in [0.3, 0.4) is 0 Å². The number of aryl methyl sites for hydroxylation is 3. The van der Waals surface area contributed by atoms with Gasteiger partial charge in [0.05, 0.1) is 23.8 Å². The molecular formula is C14H14N4O2. The highest BCUT2D eigenvalue weighted by Crippen LogP contribution is 2.20. The van der Waals surface area contributed by atoms with E-state index in [9.17, 15) is 4.79 Å². The second kappa shape index (κ2) is 4.48. The Morgan fingerprint density at radius 1 is 1.40 bits per heavy atom. The summed E-state index contributed by atoms with van der Waals surface area (Å²) in [6.07, 6.45) is 3.11. The van der Waals surface area contributed by atoms with Crippen LogP contribution in [0.5, 0.6) is 0 Å². The minimum Gasteiger partial charge on any atom is -0.459 e. The normalized spacial score (nSPS) is 10.9. The number of carbonyl (C=O) groups excluding carboxylic acids is 1. The Bertz CT molecular complexity index is 801. The number of fused-ring (bicyclic) bond motifs is 1. The number of nitrogens with zero attached hydrogens (tertiary/aromatic N) is 3. The topological polar surface area (TPSA) is 73.0 Å². The second-order valence-corrected chi connectivity index (χ2v) is 4.69. The number of amides is 1. The van der Waals surface area contributed by atoms with Crippen LogP contribution in [0.25, 0.3) is 11.0 Å². The van der Waals surface area contributed by atoms with Crippen LogP contribution in [-0.2, 0) is 7.05 Å². The molecule has 0 radical (unpaired) electrons. The highest BCUT2D eigenvalue weighted by atomic mass is 16.3. The van der Waals surface area contributed by atoms with Gasteiger partial charge in [0.15, 0.2) is 11.4 Å². The van der Waals surface area contributed by atoms with E-state index in [1.807, 2.05) is 27.0 Å². The first-order chi connectivity index (χ1) is 9.56. The molecule has 0 aliphatic rings. The van der Waals surface area contributed by atoms with Crippen LogP contribution in [-0.4, -0.2) is 20.7 Å². The van der Waals surface area contributed by atoms with Gasteiger partial charge in [0, 0.05) is 18.0 Å². The maximum atomic E-state index is 12.1. The lowest BCUT2D eigenvalue weighted by Gasteiger charge is -2.04. The standard InChI is InChI=1S/C14H14N4O2/c1-8-4-5-20-12(8)14(19)16-10-6-11-9(2)17-18(3)13(11)15-7-10/h4-7H,1-3H3,(H,16,19). The summed E-state index contributed by atoms with van der Waals surface area (Å²) >= 11 is 0. The van der Waals surface area contributed by atoms with Crippen molar-refractivity contribution in [3.8, 4) is 0 Å². The van der Waals surface area contributed by atoms with Crippen LogP contribution < -0.4 is 5.32 Å². The van der Waals surface area contributed by atoms with Gasteiger partial charge in [0.25, 0.3) is 5.91 Å². The molecule has 1 amide bonds. The third kappa shape index (κ3) is 1.95. The van der Waals surface area contributed by atoms with Gasteiger partial charge < -0.3 is 9.73 Å². The fourth-order valence-electron chi connectivity index (χ4n) is 2.17. The van der Waals surface area contributed by atoms with Gasteiger partial charge in [-0.1, -0.05) is 0 Å². The van der Waals surface area contributed by atoms with E-state index in [4.69, 9.17) is 4.42 Å². The van der Waals surface area contributed by atoms with Gasteiger partial charge in [-0.25, -0.2) is 4.98 Å². The molecule has 102 valence electrons. The Morgan fingerprint density at radius 2 is 2.20 bits per heavy atom. The maximum absolute atomic E-state index is 12.1.